The summed E-state index contributed by atoms with van der Waals surface area (Å²) in [6.07, 6.45) is 2.48. The number of thiazole rings is 1. The highest BCUT2D eigenvalue weighted by Crippen LogP contribution is 2.31. The van der Waals surface area contributed by atoms with Crippen LogP contribution < -0.4 is 5.32 Å². The van der Waals surface area contributed by atoms with Crippen LogP contribution in [0.2, 0.25) is 0 Å². The van der Waals surface area contributed by atoms with Crippen molar-refractivity contribution in [2.45, 2.75) is 46.1 Å². The molecule has 1 N–H and O–H groups in total. The Balaban J connectivity index is 2.16. The van der Waals surface area contributed by atoms with Crippen LogP contribution in [-0.2, 0) is 6.54 Å². The highest BCUT2D eigenvalue weighted by atomic mass is 32.1. The molecule has 20 heavy (non-hydrogen) atoms. The summed E-state index contributed by atoms with van der Waals surface area (Å²) in [4.78, 5) is 6.24. The van der Waals surface area contributed by atoms with Crippen molar-refractivity contribution in [3.05, 3.63) is 40.9 Å². The summed E-state index contributed by atoms with van der Waals surface area (Å²) in [7, 11) is 0. The van der Waals surface area contributed by atoms with Crippen LogP contribution in [0.5, 0.6) is 0 Å². The summed E-state index contributed by atoms with van der Waals surface area (Å²) in [5.41, 5.74) is 2.47. The summed E-state index contributed by atoms with van der Waals surface area (Å²) in [6.45, 7) is 8.70. The van der Waals surface area contributed by atoms with E-state index < -0.39 is 0 Å². The molecule has 0 fully saturated rings. The van der Waals surface area contributed by atoms with Gasteiger partial charge in [-0.25, -0.2) is 4.98 Å². The lowest BCUT2D eigenvalue weighted by Crippen LogP contribution is -2.14. The van der Waals surface area contributed by atoms with Gasteiger partial charge in [-0.3, -0.25) is 0 Å². The first kappa shape index (κ1) is 15.2. The molecule has 0 unspecified atom stereocenters. The molecular weight excluding hydrogens is 264 g/mol. The van der Waals surface area contributed by atoms with Crippen molar-refractivity contribution in [1.82, 2.24) is 10.3 Å². The van der Waals surface area contributed by atoms with Crippen molar-refractivity contribution in [3.8, 4) is 10.6 Å². The zero-order valence-corrected chi connectivity index (χ0v) is 13.5. The number of rotatable bonds is 7. The number of aromatic nitrogens is 1. The Hall–Kier alpha value is -1.19. The SMILES string of the molecule is CCCCNCc1sc(-c2ccccc2)nc1C(C)C. The Morgan fingerprint density at radius 3 is 2.60 bits per heavy atom. The predicted octanol–water partition coefficient (Wildman–Crippen LogP) is 4.82. The molecule has 0 amide bonds. The number of nitrogens with one attached hydrogen (secondary N) is 1. The molecule has 1 heterocycles. The molecule has 1 aromatic heterocycles. The number of benzene rings is 1. The van der Waals surface area contributed by atoms with Crippen LogP contribution in [0.15, 0.2) is 30.3 Å². The highest BCUT2D eigenvalue weighted by Gasteiger charge is 2.14. The monoisotopic (exact) mass is 288 g/mol. The molecule has 2 rings (SSSR count). The highest BCUT2D eigenvalue weighted by molar-refractivity contribution is 7.15. The Bertz CT molecular complexity index is 517. The van der Waals surface area contributed by atoms with E-state index in [4.69, 9.17) is 4.98 Å². The van der Waals surface area contributed by atoms with Gasteiger partial charge in [0.1, 0.15) is 5.01 Å². The van der Waals surface area contributed by atoms with E-state index in [0.29, 0.717) is 5.92 Å². The van der Waals surface area contributed by atoms with Crippen molar-refractivity contribution in [2.24, 2.45) is 0 Å². The molecule has 2 nitrogen and oxygen atoms in total. The molecule has 0 aliphatic heterocycles. The Morgan fingerprint density at radius 2 is 1.95 bits per heavy atom. The van der Waals surface area contributed by atoms with Crippen molar-refractivity contribution in [2.75, 3.05) is 6.54 Å². The molecule has 0 bridgehead atoms. The van der Waals surface area contributed by atoms with Gasteiger partial charge in [0.25, 0.3) is 0 Å². The van der Waals surface area contributed by atoms with Gasteiger partial charge in [-0.2, -0.15) is 0 Å². The minimum absolute atomic E-state index is 0.478. The van der Waals surface area contributed by atoms with Crippen LogP contribution in [-0.4, -0.2) is 11.5 Å². The van der Waals surface area contributed by atoms with Gasteiger partial charge < -0.3 is 5.32 Å². The van der Waals surface area contributed by atoms with E-state index in [1.165, 1.54) is 29.0 Å². The molecule has 3 heteroatoms. The number of hydrogen-bond acceptors (Lipinski definition) is 3. The second-order valence-corrected chi connectivity index (χ2v) is 6.46. The number of unbranched alkanes of at least 4 members (excludes halogenated alkanes) is 1. The maximum atomic E-state index is 4.86. The lowest BCUT2D eigenvalue weighted by molar-refractivity contribution is 0.639. The van der Waals surface area contributed by atoms with E-state index in [1.807, 2.05) is 17.4 Å². The molecule has 0 saturated carbocycles. The smallest absolute Gasteiger partial charge is 0.123 e. The second-order valence-electron chi connectivity index (χ2n) is 5.38. The summed E-state index contributed by atoms with van der Waals surface area (Å²) < 4.78 is 0. The van der Waals surface area contributed by atoms with E-state index >= 15 is 0 Å². The van der Waals surface area contributed by atoms with Crippen LogP contribution in [0.1, 0.15) is 50.1 Å². The van der Waals surface area contributed by atoms with Crippen LogP contribution >= 0.6 is 11.3 Å². The van der Waals surface area contributed by atoms with E-state index in [9.17, 15) is 0 Å². The van der Waals surface area contributed by atoms with Gasteiger partial charge in [-0.1, -0.05) is 57.5 Å². The molecule has 1 aromatic carbocycles. The quantitative estimate of drug-likeness (QED) is 0.739. The maximum Gasteiger partial charge on any atom is 0.123 e. The van der Waals surface area contributed by atoms with Crippen LogP contribution in [0.4, 0.5) is 0 Å². The van der Waals surface area contributed by atoms with Crippen LogP contribution in [0, 0.1) is 0 Å². The number of nitrogens with zero attached hydrogens (tertiary/aromatic N) is 1. The molecule has 0 spiro atoms. The first-order chi connectivity index (χ1) is 9.72. The third kappa shape index (κ3) is 3.90. The zero-order valence-electron chi connectivity index (χ0n) is 12.6. The maximum absolute atomic E-state index is 4.86. The molecular formula is C17H24N2S. The van der Waals surface area contributed by atoms with Gasteiger partial charge in [-0.05, 0) is 18.9 Å². The van der Waals surface area contributed by atoms with E-state index in [1.54, 1.807) is 0 Å². The fourth-order valence-electron chi connectivity index (χ4n) is 2.15. The molecule has 0 radical (unpaired) electrons. The van der Waals surface area contributed by atoms with Crippen LogP contribution in [0.25, 0.3) is 10.6 Å². The summed E-state index contributed by atoms with van der Waals surface area (Å²) in [5, 5.41) is 4.67. The average molecular weight is 288 g/mol. The zero-order chi connectivity index (χ0) is 14.4. The fourth-order valence-corrected chi connectivity index (χ4v) is 3.34. The Kier molecular flexibility index (Phi) is 5.74. The van der Waals surface area contributed by atoms with E-state index in [2.05, 4.69) is 50.4 Å². The second kappa shape index (κ2) is 7.55. The first-order valence-electron chi connectivity index (χ1n) is 7.48. The molecule has 2 aromatic rings. The third-order valence-corrected chi connectivity index (χ3v) is 4.41. The molecule has 0 aliphatic rings. The standard InChI is InChI=1S/C17H24N2S/c1-4-5-11-18-12-15-16(13(2)3)19-17(20-15)14-9-7-6-8-10-14/h6-10,13,18H,4-5,11-12H2,1-3H3. The van der Waals surface area contributed by atoms with Crippen molar-refractivity contribution >= 4 is 11.3 Å². The summed E-state index contributed by atoms with van der Waals surface area (Å²) in [6, 6.07) is 10.5. The predicted molar refractivity (Wildman–Crippen MR) is 88.3 cm³/mol. The molecule has 108 valence electrons. The van der Waals surface area contributed by atoms with Gasteiger partial charge >= 0.3 is 0 Å². The van der Waals surface area contributed by atoms with Gasteiger partial charge in [0, 0.05) is 17.0 Å². The topological polar surface area (TPSA) is 24.9 Å². The van der Waals surface area contributed by atoms with Crippen molar-refractivity contribution in [3.63, 3.8) is 0 Å². The molecule has 0 aliphatic carbocycles. The lowest BCUT2D eigenvalue weighted by atomic mass is 10.1. The molecule has 0 saturated heterocycles. The minimum atomic E-state index is 0.478. The minimum Gasteiger partial charge on any atom is -0.312 e. The van der Waals surface area contributed by atoms with E-state index in [-0.39, 0.29) is 0 Å². The van der Waals surface area contributed by atoms with Gasteiger partial charge in [0.05, 0.1) is 5.69 Å². The van der Waals surface area contributed by atoms with Crippen molar-refractivity contribution in [1.29, 1.82) is 0 Å². The Morgan fingerprint density at radius 1 is 1.20 bits per heavy atom. The average Bonchev–Trinajstić information content (AvgIpc) is 2.89. The molecule has 0 atom stereocenters. The lowest BCUT2D eigenvalue weighted by Gasteiger charge is -2.06. The third-order valence-electron chi connectivity index (χ3n) is 3.29. The van der Waals surface area contributed by atoms with Crippen LogP contribution in [0.3, 0.4) is 0 Å². The first-order valence-corrected chi connectivity index (χ1v) is 8.29. The summed E-state index contributed by atoms with van der Waals surface area (Å²) in [5.74, 6) is 0.478. The van der Waals surface area contributed by atoms with Gasteiger partial charge in [-0.15, -0.1) is 11.3 Å². The fraction of sp³-hybridized carbons (Fsp3) is 0.471. The summed E-state index contributed by atoms with van der Waals surface area (Å²) >= 11 is 1.83. The van der Waals surface area contributed by atoms with Gasteiger partial charge in [0.15, 0.2) is 0 Å². The van der Waals surface area contributed by atoms with Crippen molar-refractivity contribution < 1.29 is 0 Å². The van der Waals surface area contributed by atoms with Gasteiger partial charge in [0.2, 0.25) is 0 Å². The largest absolute Gasteiger partial charge is 0.312 e. The van der Waals surface area contributed by atoms with E-state index in [0.717, 1.165) is 18.1 Å². The number of hydrogen-bond donors (Lipinski definition) is 1. The Labute approximate surface area is 126 Å². The normalized spacial score (nSPS) is 11.2.